The summed E-state index contributed by atoms with van der Waals surface area (Å²) in [6, 6.07) is 3.41. The number of thiazole rings is 1. The van der Waals surface area contributed by atoms with Crippen LogP contribution in [0.1, 0.15) is 30.3 Å². The van der Waals surface area contributed by atoms with E-state index < -0.39 is 29.4 Å². The molecule has 1 saturated heterocycles. The second-order valence-corrected chi connectivity index (χ2v) is 6.91. The van der Waals surface area contributed by atoms with Gasteiger partial charge < -0.3 is 10.0 Å². The minimum absolute atomic E-state index is 0.0699. The van der Waals surface area contributed by atoms with Gasteiger partial charge in [0.05, 0.1) is 11.5 Å². The van der Waals surface area contributed by atoms with Crippen LogP contribution in [0.3, 0.4) is 0 Å². The van der Waals surface area contributed by atoms with Gasteiger partial charge in [0.25, 0.3) is 5.91 Å². The number of rotatable bonds is 3. The molecule has 1 aromatic heterocycles. The SMILES string of the molecule is CC1CCC(C(=O)O)CN1C(=O)c1csc(-c2c(F)cccc2F)n1. The predicted molar refractivity (Wildman–Crippen MR) is 88.3 cm³/mol. The van der Waals surface area contributed by atoms with Gasteiger partial charge >= 0.3 is 5.97 Å². The first-order chi connectivity index (χ1) is 11.9. The van der Waals surface area contributed by atoms with Crippen molar-refractivity contribution in [3.05, 3.63) is 40.9 Å². The average Bonchev–Trinajstić information content (AvgIpc) is 3.04. The lowest BCUT2D eigenvalue weighted by Gasteiger charge is -2.36. The van der Waals surface area contributed by atoms with E-state index in [0.29, 0.717) is 12.8 Å². The van der Waals surface area contributed by atoms with Gasteiger partial charge in [-0.15, -0.1) is 11.3 Å². The number of carbonyl (C=O) groups excluding carboxylic acids is 1. The highest BCUT2D eigenvalue weighted by atomic mass is 32.1. The van der Waals surface area contributed by atoms with Gasteiger partial charge in [-0.3, -0.25) is 9.59 Å². The van der Waals surface area contributed by atoms with Crippen LogP contribution in [-0.2, 0) is 4.79 Å². The number of carbonyl (C=O) groups is 2. The van der Waals surface area contributed by atoms with E-state index >= 15 is 0 Å². The molecule has 1 N–H and O–H groups in total. The Hall–Kier alpha value is -2.35. The van der Waals surface area contributed by atoms with Gasteiger partial charge in [-0.25, -0.2) is 13.8 Å². The Morgan fingerprint density at radius 2 is 1.96 bits per heavy atom. The Labute approximate surface area is 146 Å². The quantitative estimate of drug-likeness (QED) is 0.904. The standard InChI is InChI=1S/C17H16F2N2O3S/c1-9-5-6-10(17(23)24)7-21(9)16(22)13-8-25-15(20-13)14-11(18)3-2-4-12(14)19/h2-4,8-10H,5-7H2,1H3,(H,23,24). The minimum Gasteiger partial charge on any atom is -0.481 e. The second kappa shape index (κ2) is 6.87. The lowest BCUT2D eigenvalue weighted by molar-refractivity contribution is -0.143. The van der Waals surface area contributed by atoms with E-state index in [0.717, 1.165) is 23.5 Å². The molecule has 1 aliphatic rings. The maximum atomic E-state index is 13.9. The highest BCUT2D eigenvalue weighted by Gasteiger charge is 2.34. The fraction of sp³-hybridized carbons (Fsp3) is 0.353. The average molecular weight is 366 g/mol. The third kappa shape index (κ3) is 3.39. The number of amides is 1. The van der Waals surface area contributed by atoms with Crippen LogP contribution in [0.5, 0.6) is 0 Å². The van der Waals surface area contributed by atoms with Gasteiger partial charge in [0, 0.05) is 18.0 Å². The first-order valence-corrected chi connectivity index (χ1v) is 8.70. The number of carboxylic acid groups (broad SMARTS) is 1. The van der Waals surface area contributed by atoms with E-state index in [1.165, 1.54) is 16.3 Å². The Balaban J connectivity index is 1.86. The molecule has 2 aromatic rings. The van der Waals surface area contributed by atoms with Crippen molar-refractivity contribution < 1.29 is 23.5 Å². The molecule has 2 heterocycles. The van der Waals surface area contributed by atoms with E-state index in [9.17, 15) is 23.5 Å². The second-order valence-electron chi connectivity index (χ2n) is 6.05. The molecule has 3 rings (SSSR count). The summed E-state index contributed by atoms with van der Waals surface area (Å²) in [6.45, 7) is 1.95. The topological polar surface area (TPSA) is 70.5 Å². The number of nitrogens with zero attached hydrogens (tertiary/aromatic N) is 2. The number of aliphatic carboxylic acids is 1. The van der Waals surface area contributed by atoms with Crippen LogP contribution in [0.15, 0.2) is 23.6 Å². The molecule has 8 heteroatoms. The number of aromatic nitrogens is 1. The molecular formula is C17H16F2N2O3S. The smallest absolute Gasteiger partial charge is 0.308 e. The van der Waals surface area contributed by atoms with Crippen molar-refractivity contribution in [2.24, 2.45) is 5.92 Å². The molecule has 1 aromatic carbocycles. The highest BCUT2D eigenvalue weighted by Crippen LogP contribution is 2.30. The molecule has 0 aliphatic carbocycles. The van der Waals surface area contributed by atoms with Gasteiger partial charge in [0.15, 0.2) is 0 Å². The van der Waals surface area contributed by atoms with Crippen LogP contribution in [0.25, 0.3) is 10.6 Å². The molecule has 0 saturated carbocycles. The lowest BCUT2D eigenvalue weighted by Crippen LogP contribution is -2.47. The monoisotopic (exact) mass is 366 g/mol. The van der Waals surface area contributed by atoms with Crippen molar-refractivity contribution in [3.8, 4) is 10.6 Å². The molecule has 2 atom stereocenters. The van der Waals surface area contributed by atoms with E-state index in [1.54, 1.807) is 0 Å². The zero-order valence-electron chi connectivity index (χ0n) is 13.4. The molecule has 1 fully saturated rings. The first-order valence-electron chi connectivity index (χ1n) is 7.82. The normalized spacial score (nSPS) is 20.5. The van der Waals surface area contributed by atoms with Crippen LogP contribution in [0.4, 0.5) is 8.78 Å². The summed E-state index contributed by atoms with van der Waals surface area (Å²) in [5, 5.41) is 10.7. The molecule has 0 radical (unpaired) electrons. The van der Waals surface area contributed by atoms with Gasteiger partial charge in [0.1, 0.15) is 22.3 Å². The molecule has 0 spiro atoms. The molecule has 25 heavy (non-hydrogen) atoms. The van der Waals surface area contributed by atoms with Crippen molar-refractivity contribution in [3.63, 3.8) is 0 Å². The molecular weight excluding hydrogens is 350 g/mol. The molecule has 1 aliphatic heterocycles. The maximum absolute atomic E-state index is 13.9. The van der Waals surface area contributed by atoms with E-state index in [4.69, 9.17) is 0 Å². The Morgan fingerprint density at radius 1 is 1.28 bits per heavy atom. The van der Waals surface area contributed by atoms with Crippen LogP contribution in [0.2, 0.25) is 0 Å². The zero-order chi connectivity index (χ0) is 18.1. The van der Waals surface area contributed by atoms with Crippen molar-refractivity contribution in [1.82, 2.24) is 9.88 Å². The third-order valence-corrected chi connectivity index (χ3v) is 5.25. The summed E-state index contributed by atoms with van der Waals surface area (Å²) in [4.78, 5) is 29.4. The number of halogens is 2. The summed E-state index contributed by atoms with van der Waals surface area (Å²) in [6.07, 6.45) is 1.10. The summed E-state index contributed by atoms with van der Waals surface area (Å²) >= 11 is 0.977. The van der Waals surface area contributed by atoms with Crippen molar-refractivity contribution in [2.75, 3.05) is 6.54 Å². The fourth-order valence-corrected chi connectivity index (χ4v) is 3.77. The summed E-state index contributed by atoms with van der Waals surface area (Å²) in [7, 11) is 0. The first kappa shape index (κ1) is 17.5. The number of hydrogen-bond donors (Lipinski definition) is 1. The number of carboxylic acids is 1. The third-order valence-electron chi connectivity index (χ3n) is 4.39. The predicted octanol–water partition coefficient (Wildman–Crippen LogP) is 3.41. The maximum Gasteiger partial charge on any atom is 0.308 e. The number of piperidine rings is 1. The van der Waals surface area contributed by atoms with Crippen LogP contribution in [0, 0.1) is 17.6 Å². The van der Waals surface area contributed by atoms with Gasteiger partial charge in [-0.2, -0.15) is 0 Å². The van der Waals surface area contributed by atoms with Gasteiger partial charge in [-0.05, 0) is 31.9 Å². The van der Waals surface area contributed by atoms with Crippen molar-refractivity contribution in [1.29, 1.82) is 0 Å². The van der Waals surface area contributed by atoms with Crippen LogP contribution >= 0.6 is 11.3 Å². The van der Waals surface area contributed by atoms with Crippen LogP contribution < -0.4 is 0 Å². The largest absolute Gasteiger partial charge is 0.481 e. The number of hydrogen-bond acceptors (Lipinski definition) is 4. The zero-order valence-corrected chi connectivity index (χ0v) is 14.2. The molecule has 0 bridgehead atoms. The highest BCUT2D eigenvalue weighted by molar-refractivity contribution is 7.13. The molecule has 5 nitrogen and oxygen atoms in total. The Morgan fingerprint density at radius 3 is 2.60 bits per heavy atom. The van der Waals surface area contributed by atoms with Crippen LogP contribution in [-0.4, -0.2) is 39.5 Å². The van der Waals surface area contributed by atoms with E-state index in [-0.39, 0.29) is 28.9 Å². The summed E-state index contributed by atoms with van der Waals surface area (Å²) in [5.74, 6) is -3.45. The summed E-state index contributed by atoms with van der Waals surface area (Å²) in [5.41, 5.74) is -0.192. The van der Waals surface area contributed by atoms with E-state index in [1.807, 2.05) is 6.92 Å². The van der Waals surface area contributed by atoms with Crippen molar-refractivity contribution in [2.45, 2.75) is 25.8 Å². The number of benzene rings is 1. The van der Waals surface area contributed by atoms with E-state index in [2.05, 4.69) is 4.98 Å². The lowest BCUT2D eigenvalue weighted by atomic mass is 9.93. The Bertz CT molecular complexity index is 804. The Kier molecular flexibility index (Phi) is 4.80. The minimum atomic E-state index is -0.933. The van der Waals surface area contributed by atoms with Gasteiger partial charge in [-0.1, -0.05) is 6.07 Å². The fourth-order valence-electron chi connectivity index (χ4n) is 2.93. The molecule has 2 unspecified atom stereocenters. The number of likely N-dealkylation sites (tertiary alicyclic amines) is 1. The van der Waals surface area contributed by atoms with Gasteiger partial charge in [0.2, 0.25) is 0 Å². The van der Waals surface area contributed by atoms with Crippen molar-refractivity contribution >= 4 is 23.2 Å². The molecule has 132 valence electrons. The molecule has 1 amide bonds. The summed E-state index contributed by atoms with van der Waals surface area (Å²) < 4.78 is 27.7.